The number of carbonyl (C=O) groups excluding carboxylic acids is 2. The molecule has 0 aromatic carbocycles. The quantitative estimate of drug-likeness (QED) is 0.476. The highest BCUT2D eigenvalue weighted by Gasteiger charge is 2.04. The predicted molar refractivity (Wildman–Crippen MR) is 69.6 cm³/mol. The predicted octanol–water partition coefficient (Wildman–Crippen LogP) is 1.76. The molecule has 0 saturated heterocycles. The Hall–Kier alpha value is -1.32. The van der Waals surface area contributed by atoms with Crippen molar-refractivity contribution in [3.05, 3.63) is 12.7 Å². The van der Waals surface area contributed by atoms with Gasteiger partial charge in [0.05, 0.1) is 0 Å². The van der Waals surface area contributed by atoms with Crippen molar-refractivity contribution in [1.82, 2.24) is 10.6 Å². The van der Waals surface area contributed by atoms with Gasteiger partial charge >= 0.3 is 0 Å². The van der Waals surface area contributed by atoms with Gasteiger partial charge < -0.3 is 10.6 Å². The van der Waals surface area contributed by atoms with Gasteiger partial charge in [0.15, 0.2) is 0 Å². The summed E-state index contributed by atoms with van der Waals surface area (Å²) in [5, 5.41) is 5.63. The van der Waals surface area contributed by atoms with Gasteiger partial charge in [-0.1, -0.05) is 19.9 Å². The Morgan fingerprint density at radius 2 is 2.00 bits per heavy atom. The molecule has 0 aromatic heterocycles. The molecule has 0 spiro atoms. The van der Waals surface area contributed by atoms with Gasteiger partial charge in [0.25, 0.3) is 0 Å². The third-order valence-electron chi connectivity index (χ3n) is 2.59. The van der Waals surface area contributed by atoms with Crippen LogP contribution in [0.4, 0.5) is 0 Å². The lowest BCUT2D eigenvalue weighted by Crippen LogP contribution is -2.31. The molecular weight excluding hydrogens is 216 g/mol. The van der Waals surface area contributed by atoms with E-state index in [2.05, 4.69) is 17.2 Å². The molecule has 0 rings (SSSR count). The third-order valence-corrected chi connectivity index (χ3v) is 2.59. The van der Waals surface area contributed by atoms with Gasteiger partial charge in [-0.25, -0.2) is 0 Å². The summed E-state index contributed by atoms with van der Waals surface area (Å²) >= 11 is 0. The van der Waals surface area contributed by atoms with E-state index in [1.54, 1.807) is 0 Å². The first-order valence-corrected chi connectivity index (χ1v) is 6.29. The summed E-state index contributed by atoms with van der Waals surface area (Å²) in [5.74, 6) is -0.0195. The Morgan fingerprint density at radius 1 is 1.29 bits per heavy atom. The highest BCUT2D eigenvalue weighted by atomic mass is 16.2. The molecule has 0 heterocycles. The zero-order valence-electron chi connectivity index (χ0n) is 10.9. The molecule has 4 heteroatoms. The lowest BCUT2D eigenvalue weighted by Gasteiger charge is -2.10. The van der Waals surface area contributed by atoms with Gasteiger partial charge in [-0.05, 0) is 32.3 Å². The number of carbonyl (C=O) groups is 2. The van der Waals surface area contributed by atoms with Crippen molar-refractivity contribution >= 4 is 11.8 Å². The average Bonchev–Trinajstić information content (AvgIpc) is 2.32. The van der Waals surface area contributed by atoms with E-state index in [-0.39, 0.29) is 17.9 Å². The Balaban J connectivity index is 3.36. The standard InChI is InChI=1S/C13H24N2O2/c1-4-11(3)15-13(17)9-7-6-8-10-14-12(16)5-2/h5,11H,2,4,6-10H2,1,3H3,(H,14,16)(H,15,17). The molecule has 0 aromatic rings. The Labute approximate surface area is 104 Å². The first-order valence-electron chi connectivity index (χ1n) is 6.29. The fourth-order valence-electron chi connectivity index (χ4n) is 1.32. The van der Waals surface area contributed by atoms with Crippen molar-refractivity contribution < 1.29 is 9.59 Å². The molecule has 2 amide bonds. The summed E-state index contributed by atoms with van der Waals surface area (Å²) in [6, 6.07) is 0.259. The van der Waals surface area contributed by atoms with Crippen molar-refractivity contribution in [2.24, 2.45) is 0 Å². The molecule has 0 aliphatic heterocycles. The minimum Gasteiger partial charge on any atom is -0.354 e. The topological polar surface area (TPSA) is 58.2 Å². The molecule has 0 radical (unpaired) electrons. The summed E-state index contributed by atoms with van der Waals surface area (Å²) in [6.45, 7) is 8.07. The second-order valence-electron chi connectivity index (χ2n) is 4.18. The van der Waals surface area contributed by atoms with E-state index in [1.165, 1.54) is 6.08 Å². The SMILES string of the molecule is C=CC(=O)NCCCCCC(=O)NC(C)CC. The van der Waals surface area contributed by atoms with Gasteiger partial charge in [0.1, 0.15) is 0 Å². The molecule has 0 saturated carbocycles. The Bertz CT molecular complexity index is 252. The Kier molecular flexibility index (Phi) is 9.11. The second-order valence-corrected chi connectivity index (χ2v) is 4.18. The van der Waals surface area contributed by atoms with Crippen molar-refractivity contribution in [2.75, 3.05) is 6.54 Å². The van der Waals surface area contributed by atoms with Crippen LogP contribution in [0.1, 0.15) is 46.0 Å². The molecule has 4 nitrogen and oxygen atoms in total. The van der Waals surface area contributed by atoms with Crippen molar-refractivity contribution in [1.29, 1.82) is 0 Å². The summed E-state index contributed by atoms with van der Waals surface area (Å²) in [4.78, 5) is 22.2. The van der Waals surface area contributed by atoms with E-state index >= 15 is 0 Å². The molecule has 1 atom stereocenters. The fraction of sp³-hybridized carbons (Fsp3) is 0.692. The first kappa shape index (κ1) is 15.7. The maximum atomic E-state index is 11.4. The molecule has 0 aliphatic carbocycles. The monoisotopic (exact) mass is 240 g/mol. The molecule has 98 valence electrons. The second kappa shape index (κ2) is 9.87. The summed E-state index contributed by atoms with van der Waals surface area (Å²) in [5.41, 5.74) is 0. The van der Waals surface area contributed by atoms with Crippen LogP contribution >= 0.6 is 0 Å². The normalized spacial score (nSPS) is 11.6. The summed E-state index contributed by atoms with van der Waals surface area (Å²) in [7, 11) is 0. The number of hydrogen-bond donors (Lipinski definition) is 2. The number of unbranched alkanes of at least 4 members (excludes halogenated alkanes) is 2. The van der Waals surface area contributed by atoms with Gasteiger partial charge in [0.2, 0.25) is 11.8 Å². The lowest BCUT2D eigenvalue weighted by molar-refractivity contribution is -0.122. The van der Waals surface area contributed by atoms with Crippen LogP contribution in [0.3, 0.4) is 0 Å². The fourth-order valence-corrected chi connectivity index (χ4v) is 1.32. The highest BCUT2D eigenvalue weighted by Crippen LogP contribution is 2.00. The van der Waals surface area contributed by atoms with E-state index < -0.39 is 0 Å². The number of rotatable bonds is 9. The van der Waals surface area contributed by atoms with E-state index in [0.717, 1.165) is 25.7 Å². The third kappa shape index (κ3) is 9.60. The molecule has 0 aliphatic rings. The van der Waals surface area contributed by atoms with Crippen LogP contribution in [-0.2, 0) is 9.59 Å². The molecule has 1 unspecified atom stereocenters. The molecule has 2 N–H and O–H groups in total. The van der Waals surface area contributed by atoms with Gasteiger partial charge in [-0.15, -0.1) is 0 Å². The van der Waals surface area contributed by atoms with Crippen LogP contribution in [0.5, 0.6) is 0 Å². The van der Waals surface area contributed by atoms with Gasteiger partial charge in [-0.2, -0.15) is 0 Å². The van der Waals surface area contributed by atoms with Crippen LogP contribution in [0.25, 0.3) is 0 Å². The average molecular weight is 240 g/mol. The molecule has 0 bridgehead atoms. The zero-order valence-corrected chi connectivity index (χ0v) is 10.9. The van der Waals surface area contributed by atoms with Crippen molar-refractivity contribution in [2.45, 2.75) is 52.0 Å². The van der Waals surface area contributed by atoms with E-state index in [9.17, 15) is 9.59 Å². The maximum absolute atomic E-state index is 11.4. The van der Waals surface area contributed by atoms with Gasteiger partial charge in [0, 0.05) is 19.0 Å². The molecule has 0 fully saturated rings. The molecular formula is C13H24N2O2. The smallest absolute Gasteiger partial charge is 0.243 e. The van der Waals surface area contributed by atoms with Crippen LogP contribution < -0.4 is 10.6 Å². The summed E-state index contributed by atoms with van der Waals surface area (Å²) in [6.07, 6.45) is 5.51. The number of nitrogens with one attached hydrogen (secondary N) is 2. The molecule has 17 heavy (non-hydrogen) atoms. The first-order chi connectivity index (χ1) is 8.10. The van der Waals surface area contributed by atoms with Crippen LogP contribution in [-0.4, -0.2) is 24.4 Å². The number of amides is 2. The van der Waals surface area contributed by atoms with E-state index in [0.29, 0.717) is 13.0 Å². The van der Waals surface area contributed by atoms with E-state index in [1.807, 2.05) is 13.8 Å². The minimum atomic E-state index is -0.139. The van der Waals surface area contributed by atoms with Gasteiger partial charge in [-0.3, -0.25) is 9.59 Å². The zero-order chi connectivity index (χ0) is 13.1. The van der Waals surface area contributed by atoms with Crippen LogP contribution in [0, 0.1) is 0 Å². The van der Waals surface area contributed by atoms with Crippen molar-refractivity contribution in [3.8, 4) is 0 Å². The van der Waals surface area contributed by atoms with Crippen LogP contribution in [0.2, 0.25) is 0 Å². The summed E-state index contributed by atoms with van der Waals surface area (Å²) < 4.78 is 0. The maximum Gasteiger partial charge on any atom is 0.243 e. The largest absolute Gasteiger partial charge is 0.354 e. The van der Waals surface area contributed by atoms with E-state index in [4.69, 9.17) is 0 Å². The highest BCUT2D eigenvalue weighted by molar-refractivity contribution is 5.86. The number of hydrogen-bond acceptors (Lipinski definition) is 2. The minimum absolute atomic E-state index is 0.120. The Morgan fingerprint density at radius 3 is 2.59 bits per heavy atom. The van der Waals surface area contributed by atoms with Crippen molar-refractivity contribution in [3.63, 3.8) is 0 Å². The van der Waals surface area contributed by atoms with Crippen LogP contribution in [0.15, 0.2) is 12.7 Å². The lowest BCUT2D eigenvalue weighted by atomic mass is 10.1.